The molecule has 2 N–H and O–H groups in total. The number of carbonyl (C=O) groups is 2. The molecule has 0 saturated carbocycles. The molecule has 1 unspecified atom stereocenters. The third kappa shape index (κ3) is 7.96. The highest BCUT2D eigenvalue weighted by Gasteiger charge is 2.52. The summed E-state index contributed by atoms with van der Waals surface area (Å²) in [5.41, 5.74) is 1.32. The number of aromatic carboxylic acids is 1. The number of nitrogens with zero attached hydrogens (tertiary/aromatic N) is 1. The van der Waals surface area contributed by atoms with E-state index in [1.54, 1.807) is 18.2 Å². The number of unbranched alkanes of at least 4 members (excludes halogenated alkanes) is 2. The highest BCUT2D eigenvalue weighted by Crippen LogP contribution is 2.34. The van der Waals surface area contributed by atoms with Gasteiger partial charge >= 0.3 is 11.9 Å². The summed E-state index contributed by atoms with van der Waals surface area (Å²) in [7, 11) is 0. The van der Waals surface area contributed by atoms with Gasteiger partial charge in [0.2, 0.25) is 0 Å². The summed E-state index contributed by atoms with van der Waals surface area (Å²) >= 11 is 1.15. The number of aliphatic hydroxyl groups excluding tert-OH is 1. The lowest BCUT2D eigenvalue weighted by Gasteiger charge is -2.22. The Bertz CT molecular complexity index is 1020. The molecule has 5 nitrogen and oxygen atoms in total. The highest BCUT2D eigenvalue weighted by molar-refractivity contribution is 7.13. The second-order valence-corrected chi connectivity index (χ2v) is 10.8. The minimum atomic E-state index is -3.41. The number of carboxylic acids is 1. The van der Waals surface area contributed by atoms with Crippen molar-refractivity contribution in [3.05, 3.63) is 69.9 Å². The molecule has 3 atom stereocenters. The predicted octanol–water partition coefficient (Wildman–Crippen LogP) is 5.97. The van der Waals surface area contributed by atoms with Crippen LogP contribution in [0.1, 0.15) is 65.6 Å². The number of aryl methyl sites for hydroxylation is 2. The van der Waals surface area contributed by atoms with E-state index in [1.165, 1.54) is 16.5 Å². The number of thiophene rings is 1. The van der Waals surface area contributed by atoms with Crippen LogP contribution in [-0.2, 0) is 17.6 Å². The SMILES string of the molecule is C[C@@H](CCCCCc1ccccc1)[C@H](O)C=CC1CC(F)(F)C(=O)N1CCCc1ccc(C(=O)O)s1. The van der Waals surface area contributed by atoms with Crippen LogP contribution in [0.15, 0.2) is 54.6 Å². The predicted molar refractivity (Wildman–Crippen MR) is 138 cm³/mol. The van der Waals surface area contributed by atoms with Crippen LogP contribution in [0.5, 0.6) is 0 Å². The number of likely N-dealkylation sites (tertiary alicyclic amines) is 1. The lowest BCUT2D eigenvalue weighted by Crippen LogP contribution is -2.36. The molecule has 1 aliphatic heterocycles. The number of aliphatic hydroxyl groups is 1. The van der Waals surface area contributed by atoms with E-state index >= 15 is 0 Å². The normalized spacial score (nSPS) is 19.2. The molecule has 36 heavy (non-hydrogen) atoms. The van der Waals surface area contributed by atoms with Crippen molar-refractivity contribution in [2.75, 3.05) is 6.54 Å². The Kier molecular flexibility index (Phi) is 10.2. The summed E-state index contributed by atoms with van der Waals surface area (Å²) in [4.78, 5) is 25.5. The number of halogens is 2. The van der Waals surface area contributed by atoms with Gasteiger partial charge in [-0.1, -0.05) is 62.2 Å². The van der Waals surface area contributed by atoms with Gasteiger partial charge in [0, 0.05) is 17.8 Å². The van der Waals surface area contributed by atoms with Gasteiger partial charge in [-0.2, -0.15) is 8.78 Å². The van der Waals surface area contributed by atoms with Crippen molar-refractivity contribution in [3.63, 3.8) is 0 Å². The minimum absolute atomic E-state index is 0.00806. The van der Waals surface area contributed by atoms with Crippen molar-refractivity contribution < 1.29 is 28.6 Å². The van der Waals surface area contributed by atoms with Gasteiger partial charge in [-0.3, -0.25) is 4.79 Å². The number of hydrogen-bond donors (Lipinski definition) is 2. The zero-order chi connectivity index (χ0) is 26.1. The van der Waals surface area contributed by atoms with Crippen LogP contribution in [-0.4, -0.2) is 51.6 Å². The van der Waals surface area contributed by atoms with Gasteiger partial charge in [-0.05, 0) is 55.7 Å². The molecule has 196 valence electrons. The van der Waals surface area contributed by atoms with Gasteiger partial charge in [0.1, 0.15) is 4.88 Å². The number of hydrogen-bond acceptors (Lipinski definition) is 4. The van der Waals surface area contributed by atoms with Crippen molar-refractivity contribution in [2.24, 2.45) is 5.92 Å². The summed E-state index contributed by atoms with van der Waals surface area (Å²) in [6, 6.07) is 12.8. The summed E-state index contributed by atoms with van der Waals surface area (Å²) in [5, 5.41) is 19.6. The average molecular weight is 520 g/mol. The maximum Gasteiger partial charge on any atom is 0.345 e. The van der Waals surface area contributed by atoms with Crippen LogP contribution in [0.25, 0.3) is 0 Å². The number of carboxylic acid groups (broad SMARTS) is 1. The zero-order valence-electron chi connectivity index (χ0n) is 20.6. The maximum absolute atomic E-state index is 14.2. The van der Waals surface area contributed by atoms with Crippen LogP contribution >= 0.6 is 11.3 Å². The first-order chi connectivity index (χ1) is 17.2. The van der Waals surface area contributed by atoms with E-state index in [0.717, 1.165) is 48.3 Å². The monoisotopic (exact) mass is 519 g/mol. The van der Waals surface area contributed by atoms with E-state index in [0.29, 0.717) is 12.8 Å². The molecule has 1 amide bonds. The molecule has 1 saturated heterocycles. The van der Waals surface area contributed by atoms with Crippen molar-refractivity contribution in [3.8, 4) is 0 Å². The Balaban J connectivity index is 1.44. The molecular weight excluding hydrogens is 484 g/mol. The molecule has 0 bridgehead atoms. The molecule has 2 aromatic rings. The molecular formula is C28H35F2NO4S. The van der Waals surface area contributed by atoms with Crippen LogP contribution in [0.3, 0.4) is 0 Å². The van der Waals surface area contributed by atoms with Gasteiger partial charge in [0.05, 0.1) is 12.1 Å². The second-order valence-electron chi connectivity index (χ2n) is 9.59. The highest BCUT2D eigenvalue weighted by atomic mass is 32.1. The van der Waals surface area contributed by atoms with E-state index in [9.17, 15) is 23.5 Å². The summed E-state index contributed by atoms with van der Waals surface area (Å²) in [5.74, 6) is -5.60. The number of alkyl halides is 2. The Labute approximate surface area is 215 Å². The first kappa shape index (κ1) is 28.0. The van der Waals surface area contributed by atoms with Crippen LogP contribution in [0.2, 0.25) is 0 Å². The van der Waals surface area contributed by atoms with Crippen molar-refractivity contribution in [2.45, 2.75) is 76.4 Å². The number of amides is 1. The Morgan fingerprint density at radius 2 is 1.89 bits per heavy atom. The first-order valence-electron chi connectivity index (χ1n) is 12.6. The van der Waals surface area contributed by atoms with Gasteiger partial charge in [0.15, 0.2) is 0 Å². The Hall–Kier alpha value is -2.58. The zero-order valence-corrected chi connectivity index (χ0v) is 21.4. The first-order valence-corrected chi connectivity index (χ1v) is 13.4. The van der Waals surface area contributed by atoms with Gasteiger partial charge in [-0.15, -0.1) is 11.3 Å². The van der Waals surface area contributed by atoms with Crippen molar-refractivity contribution in [1.82, 2.24) is 4.90 Å². The topological polar surface area (TPSA) is 77.8 Å². The molecule has 2 heterocycles. The van der Waals surface area contributed by atoms with E-state index in [2.05, 4.69) is 12.1 Å². The molecule has 0 spiro atoms. The Morgan fingerprint density at radius 3 is 2.58 bits per heavy atom. The van der Waals surface area contributed by atoms with E-state index in [4.69, 9.17) is 5.11 Å². The molecule has 0 aliphatic carbocycles. The van der Waals surface area contributed by atoms with Gasteiger partial charge in [0.25, 0.3) is 5.91 Å². The Morgan fingerprint density at radius 1 is 1.14 bits per heavy atom. The molecule has 1 aliphatic rings. The summed E-state index contributed by atoms with van der Waals surface area (Å²) < 4.78 is 28.3. The molecule has 3 rings (SSSR count). The van der Waals surface area contributed by atoms with E-state index in [1.807, 2.05) is 25.1 Å². The summed E-state index contributed by atoms with van der Waals surface area (Å²) in [6.45, 7) is 2.10. The fourth-order valence-electron chi connectivity index (χ4n) is 4.53. The molecule has 1 aromatic carbocycles. The third-order valence-electron chi connectivity index (χ3n) is 6.72. The van der Waals surface area contributed by atoms with Gasteiger partial charge < -0.3 is 15.1 Å². The molecule has 1 aromatic heterocycles. The standard InChI is InChI=1S/C28H35F2NO4S/c1-20(9-4-2-5-10-21-11-6-3-7-12-21)24(32)16-14-22-19-28(29,30)27(35)31(22)18-8-13-23-15-17-25(36-23)26(33)34/h3,6-7,11-12,14-17,20,22,24,32H,2,4-5,8-10,13,18-19H2,1H3,(H,33,34)/t20-,22?,24+/m0/s1. The van der Waals surface area contributed by atoms with Crippen molar-refractivity contribution >= 4 is 23.2 Å². The second kappa shape index (κ2) is 13.1. The third-order valence-corrected chi connectivity index (χ3v) is 7.85. The lowest BCUT2D eigenvalue weighted by atomic mass is 9.95. The quantitative estimate of drug-likeness (QED) is 0.238. The van der Waals surface area contributed by atoms with Crippen LogP contribution in [0.4, 0.5) is 8.78 Å². The molecule has 8 heteroatoms. The average Bonchev–Trinajstić information content (AvgIpc) is 3.41. The van der Waals surface area contributed by atoms with E-state index < -0.39 is 36.4 Å². The fourth-order valence-corrected chi connectivity index (χ4v) is 5.42. The lowest BCUT2D eigenvalue weighted by molar-refractivity contribution is -0.148. The molecule has 1 fully saturated rings. The van der Waals surface area contributed by atoms with Crippen LogP contribution < -0.4 is 0 Å². The summed E-state index contributed by atoms with van der Waals surface area (Å²) in [6.07, 6.45) is 7.70. The number of benzene rings is 1. The number of rotatable bonds is 14. The van der Waals surface area contributed by atoms with Crippen LogP contribution in [0, 0.1) is 5.92 Å². The molecule has 0 radical (unpaired) electrons. The maximum atomic E-state index is 14.2. The largest absolute Gasteiger partial charge is 0.477 e. The fraction of sp³-hybridized carbons (Fsp3) is 0.500. The smallest absolute Gasteiger partial charge is 0.345 e. The van der Waals surface area contributed by atoms with Crippen molar-refractivity contribution in [1.29, 1.82) is 0 Å². The number of carbonyl (C=O) groups excluding carboxylic acids is 1. The van der Waals surface area contributed by atoms with Gasteiger partial charge in [-0.25, -0.2) is 4.79 Å². The van der Waals surface area contributed by atoms with E-state index in [-0.39, 0.29) is 17.3 Å². The minimum Gasteiger partial charge on any atom is -0.477 e.